The third-order valence-electron chi connectivity index (χ3n) is 2.54. The van der Waals surface area contributed by atoms with Gasteiger partial charge < -0.3 is 12.4 Å². The van der Waals surface area contributed by atoms with E-state index in [1.54, 1.807) is 0 Å². The molecule has 0 saturated heterocycles. The first kappa shape index (κ1) is 14.4. The molecule has 0 amide bonds. The van der Waals surface area contributed by atoms with Crippen molar-refractivity contribution in [2.24, 2.45) is 0 Å². The summed E-state index contributed by atoms with van der Waals surface area (Å²) in [5.74, 6) is 0. The third-order valence-corrected chi connectivity index (χ3v) is 5.05. The lowest BCUT2D eigenvalue weighted by Gasteiger charge is -1.93. The third kappa shape index (κ3) is 3.41. The Labute approximate surface area is 116 Å². The maximum Gasteiger partial charge on any atom is 0.314 e. The van der Waals surface area contributed by atoms with E-state index in [0.29, 0.717) is 0 Å². The van der Waals surface area contributed by atoms with Gasteiger partial charge in [0.15, 0.2) is 0 Å². The van der Waals surface area contributed by atoms with Gasteiger partial charge in [-0.1, -0.05) is 53.0 Å². The van der Waals surface area contributed by atoms with Crippen LogP contribution in [0.2, 0.25) is 0 Å². The Kier molecular flexibility index (Phi) is 5.89. The summed E-state index contributed by atoms with van der Waals surface area (Å²) in [7, 11) is 0. The van der Waals surface area contributed by atoms with E-state index in [1.807, 2.05) is 22.7 Å². The fraction of sp³-hybridized carbons (Fsp3) is 0.308. The van der Waals surface area contributed by atoms with Crippen LogP contribution < -0.4 is 21.0 Å². The van der Waals surface area contributed by atoms with E-state index in [1.165, 1.54) is 14.4 Å². The molecule has 2 aromatic rings. The van der Waals surface area contributed by atoms with Gasteiger partial charge in [0.05, 0.1) is 4.88 Å². The van der Waals surface area contributed by atoms with Gasteiger partial charge in [-0.3, -0.25) is 0 Å². The van der Waals surface area contributed by atoms with E-state index >= 15 is 0 Å². The van der Waals surface area contributed by atoms with Crippen molar-refractivity contribution >= 4 is 22.7 Å². The van der Waals surface area contributed by atoms with E-state index < -0.39 is 0 Å². The highest BCUT2D eigenvalue weighted by Gasteiger charge is 2.06. The van der Waals surface area contributed by atoms with Crippen LogP contribution in [-0.4, -0.2) is 13.1 Å². The number of hydrogen-bond donors (Lipinski definition) is 0. The zero-order valence-electron chi connectivity index (χ0n) is 10.0. The number of nitrogens with zero attached hydrogens (tertiary/aromatic N) is 1. The number of halogens is 1. The number of benzene rings is 1. The van der Waals surface area contributed by atoms with Crippen LogP contribution in [-0.2, 0) is 0 Å². The lowest BCUT2D eigenvalue weighted by molar-refractivity contribution is -0.00000319. The van der Waals surface area contributed by atoms with Crippen LogP contribution in [0.1, 0.15) is 13.8 Å². The second-order valence-corrected chi connectivity index (χ2v) is 5.65. The molecule has 4 heteroatoms. The quantitative estimate of drug-likeness (QED) is 0.714. The lowest BCUT2D eigenvalue weighted by atomic mass is 10.2. The van der Waals surface area contributed by atoms with Crippen LogP contribution in [0.15, 0.2) is 35.7 Å². The molecule has 1 heterocycles. The molecule has 92 valence electrons. The van der Waals surface area contributed by atoms with Crippen molar-refractivity contribution in [1.82, 2.24) is 4.58 Å². The molecule has 1 aromatic heterocycles. The van der Waals surface area contributed by atoms with Crippen LogP contribution in [0.25, 0.3) is 10.4 Å². The molecule has 1 nitrogen and oxygen atoms in total. The zero-order chi connectivity index (χ0) is 11.4. The monoisotopic (exact) mass is 285 g/mol. The molecule has 2 rings (SSSR count). The topological polar surface area (TPSA) is 3.01 Å². The Hall–Kier alpha value is -0.640. The van der Waals surface area contributed by atoms with Crippen molar-refractivity contribution in [3.05, 3.63) is 39.7 Å². The summed E-state index contributed by atoms with van der Waals surface area (Å²) in [5, 5.41) is 2.26. The van der Waals surface area contributed by atoms with Gasteiger partial charge >= 0.3 is 3.98 Å². The molecule has 0 bridgehead atoms. The average molecular weight is 286 g/mol. The van der Waals surface area contributed by atoms with Gasteiger partial charge in [0.1, 0.15) is 13.1 Å². The van der Waals surface area contributed by atoms with Crippen LogP contribution in [0.4, 0.5) is 0 Å². The summed E-state index contributed by atoms with van der Waals surface area (Å²) < 4.78 is 3.81. The standard InChI is InChI=1S/C13H16NS2.ClH/c1-3-14(4-2)13-15-10-12(16-13)11-8-6-5-7-9-11;/h5-10H,3-4H2,1-2H3;1H/q+1;/p-1. The summed E-state index contributed by atoms with van der Waals surface area (Å²) >= 11 is 3.73. The first-order valence-corrected chi connectivity index (χ1v) is 7.26. The number of rotatable bonds is 3. The van der Waals surface area contributed by atoms with Crippen molar-refractivity contribution in [3.8, 4) is 10.4 Å². The molecular weight excluding hydrogens is 270 g/mol. The van der Waals surface area contributed by atoms with Gasteiger partial charge in [0.25, 0.3) is 0 Å². The molecule has 0 aliphatic rings. The van der Waals surface area contributed by atoms with Crippen LogP contribution >= 0.6 is 22.7 Å². The van der Waals surface area contributed by atoms with Crippen molar-refractivity contribution in [2.45, 2.75) is 13.8 Å². The molecule has 0 aliphatic heterocycles. The minimum absolute atomic E-state index is 0. The van der Waals surface area contributed by atoms with Crippen molar-refractivity contribution in [1.29, 1.82) is 0 Å². The van der Waals surface area contributed by atoms with E-state index in [0.717, 1.165) is 13.1 Å². The minimum atomic E-state index is 0. The summed E-state index contributed by atoms with van der Waals surface area (Å²) in [5.41, 5.74) is 1.32. The highest BCUT2D eigenvalue weighted by molar-refractivity contribution is 7.28. The van der Waals surface area contributed by atoms with Crippen molar-refractivity contribution in [2.75, 3.05) is 13.1 Å². The van der Waals surface area contributed by atoms with E-state index in [-0.39, 0.29) is 12.4 Å². The van der Waals surface area contributed by atoms with Crippen LogP contribution in [0.5, 0.6) is 0 Å². The largest absolute Gasteiger partial charge is 1.00 e. The summed E-state index contributed by atoms with van der Waals surface area (Å²) in [6, 6.07) is 10.6. The average Bonchev–Trinajstić information content (AvgIpc) is 2.81. The molecule has 0 spiro atoms. The highest BCUT2D eigenvalue weighted by Crippen LogP contribution is 2.22. The summed E-state index contributed by atoms with van der Waals surface area (Å²) in [4.78, 5) is 1.37. The zero-order valence-corrected chi connectivity index (χ0v) is 12.4. The van der Waals surface area contributed by atoms with Gasteiger partial charge in [-0.25, -0.2) is 4.58 Å². The Bertz CT molecular complexity index is 507. The van der Waals surface area contributed by atoms with E-state index in [9.17, 15) is 0 Å². The second kappa shape index (κ2) is 6.94. The van der Waals surface area contributed by atoms with Gasteiger partial charge in [0, 0.05) is 5.38 Å². The SMILES string of the molecule is CC[N+](CC)=c1scc(-c2ccccc2)s1.[Cl-]. The Morgan fingerprint density at radius 1 is 1.06 bits per heavy atom. The van der Waals surface area contributed by atoms with Gasteiger partial charge in [-0.2, -0.15) is 0 Å². The fourth-order valence-corrected chi connectivity index (χ4v) is 4.12. The van der Waals surface area contributed by atoms with Gasteiger partial charge in [-0.15, -0.1) is 0 Å². The van der Waals surface area contributed by atoms with Crippen LogP contribution in [0, 0.1) is 0 Å². The Balaban J connectivity index is 0.00000144. The minimum Gasteiger partial charge on any atom is -1.00 e. The first-order chi connectivity index (χ1) is 7.85. The molecular formula is C13H16ClNS2. The van der Waals surface area contributed by atoms with E-state index in [2.05, 4.69) is 54.1 Å². The van der Waals surface area contributed by atoms with Gasteiger partial charge in [0.2, 0.25) is 0 Å². The van der Waals surface area contributed by atoms with Crippen molar-refractivity contribution in [3.63, 3.8) is 0 Å². The Morgan fingerprint density at radius 3 is 2.29 bits per heavy atom. The molecule has 1 aromatic carbocycles. The predicted octanol–water partition coefficient (Wildman–Crippen LogP) is 0.293. The maximum absolute atomic E-state index is 2.40. The molecule has 0 unspecified atom stereocenters. The molecule has 0 radical (unpaired) electrons. The smallest absolute Gasteiger partial charge is 0.314 e. The molecule has 0 N–H and O–H groups in total. The van der Waals surface area contributed by atoms with E-state index in [4.69, 9.17) is 0 Å². The second-order valence-electron chi connectivity index (χ2n) is 3.51. The normalized spacial score (nSPS) is 9.76. The summed E-state index contributed by atoms with van der Waals surface area (Å²) in [6.45, 7) is 6.58. The molecule has 0 fully saturated rings. The predicted molar refractivity (Wildman–Crippen MR) is 74.0 cm³/mol. The van der Waals surface area contributed by atoms with Gasteiger partial charge in [-0.05, 0) is 19.4 Å². The molecule has 0 atom stereocenters. The molecule has 0 aliphatic carbocycles. The Morgan fingerprint density at radius 2 is 1.71 bits per heavy atom. The highest BCUT2D eigenvalue weighted by atomic mass is 35.5. The summed E-state index contributed by atoms with van der Waals surface area (Å²) in [6.07, 6.45) is 0. The fourth-order valence-electron chi connectivity index (χ4n) is 1.60. The van der Waals surface area contributed by atoms with Crippen LogP contribution in [0.3, 0.4) is 0 Å². The van der Waals surface area contributed by atoms with Crippen molar-refractivity contribution < 1.29 is 12.4 Å². The first-order valence-electron chi connectivity index (χ1n) is 5.57. The number of hydrogen-bond acceptors (Lipinski definition) is 2. The molecule has 17 heavy (non-hydrogen) atoms. The lowest BCUT2D eigenvalue weighted by Crippen LogP contribution is -3.00. The molecule has 0 saturated carbocycles. The maximum atomic E-state index is 2.40.